The van der Waals surface area contributed by atoms with Gasteiger partial charge in [-0.25, -0.2) is 4.79 Å². The first-order chi connectivity index (χ1) is 9.16. The summed E-state index contributed by atoms with van der Waals surface area (Å²) in [5, 5.41) is 21.3. The molecule has 5 heteroatoms. The smallest absolute Gasteiger partial charge is 0.371 e. The van der Waals surface area contributed by atoms with E-state index in [-0.39, 0.29) is 11.7 Å². The van der Waals surface area contributed by atoms with Gasteiger partial charge in [-0.1, -0.05) is 0 Å². The van der Waals surface area contributed by atoms with E-state index in [4.69, 9.17) is 9.52 Å². The molecule has 1 aliphatic rings. The minimum atomic E-state index is -1.11. The summed E-state index contributed by atoms with van der Waals surface area (Å²) in [5.74, 6) is -0.905. The fourth-order valence-electron chi connectivity index (χ4n) is 2.68. The number of thiophene rings is 1. The Morgan fingerprint density at radius 2 is 2.26 bits per heavy atom. The largest absolute Gasteiger partial charge is 0.475 e. The van der Waals surface area contributed by atoms with Crippen LogP contribution in [0.2, 0.25) is 0 Å². The number of furan rings is 1. The lowest BCUT2D eigenvalue weighted by Crippen LogP contribution is -2.15. The molecule has 2 heterocycles. The summed E-state index contributed by atoms with van der Waals surface area (Å²) in [6.45, 7) is 0. The highest BCUT2D eigenvalue weighted by Crippen LogP contribution is 2.42. The fraction of sp³-hybridized carbons (Fsp3) is 0.357. The summed E-state index contributed by atoms with van der Waals surface area (Å²) >= 11 is 1.72. The van der Waals surface area contributed by atoms with Crippen LogP contribution in [0.3, 0.4) is 0 Å². The molecule has 0 spiro atoms. The number of aliphatic hydroxyl groups excluding tert-OH is 1. The van der Waals surface area contributed by atoms with Crippen molar-refractivity contribution >= 4 is 17.3 Å². The Balaban J connectivity index is 1.88. The van der Waals surface area contributed by atoms with Gasteiger partial charge in [0.2, 0.25) is 5.76 Å². The van der Waals surface area contributed by atoms with Gasteiger partial charge in [-0.15, -0.1) is 11.3 Å². The van der Waals surface area contributed by atoms with E-state index in [9.17, 15) is 9.90 Å². The standard InChI is InChI=1S/C14H14O4S/c15-13(10-4-5-11(18-10)14(16)17)9-2-1-3-12-8(9)6-7-19-12/h4-7,9,13,15H,1-3H2,(H,16,17). The van der Waals surface area contributed by atoms with Crippen LogP contribution in [0.25, 0.3) is 0 Å². The van der Waals surface area contributed by atoms with E-state index >= 15 is 0 Å². The van der Waals surface area contributed by atoms with Crippen LogP contribution >= 0.6 is 11.3 Å². The van der Waals surface area contributed by atoms with Crippen molar-refractivity contribution in [2.45, 2.75) is 31.3 Å². The van der Waals surface area contributed by atoms with Crippen LogP contribution in [-0.2, 0) is 6.42 Å². The van der Waals surface area contributed by atoms with Gasteiger partial charge in [-0.3, -0.25) is 0 Å². The third-order valence-corrected chi connectivity index (χ3v) is 4.61. The summed E-state index contributed by atoms with van der Waals surface area (Å²) in [6.07, 6.45) is 2.23. The SMILES string of the molecule is O=C(O)c1ccc(C(O)C2CCCc3sccc32)o1. The molecule has 0 aliphatic heterocycles. The normalized spacial score (nSPS) is 19.9. The zero-order chi connectivity index (χ0) is 13.4. The van der Waals surface area contributed by atoms with E-state index in [0.29, 0.717) is 5.76 Å². The molecule has 0 saturated heterocycles. The molecular formula is C14H14O4S. The van der Waals surface area contributed by atoms with Gasteiger partial charge in [0.15, 0.2) is 0 Å². The molecule has 0 amide bonds. The van der Waals surface area contributed by atoms with Gasteiger partial charge in [0.05, 0.1) is 0 Å². The highest BCUT2D eigenvalue weighted by molar-refractivity contribution is 7.10. The van der Waals surface area contributed by atoms with Crippen molar-refractivity contribution < 1.29 is 19.4 Å². The molecule has 0 radical (unpaired) electrons. The highest BCUT2D eigenvalue weighted by Gasteiger charge is 2.30. The van der Waals surface area contributed by atoms with E-state index in [1.807, 2.05) is 11.4 Å². The Morgan fingerprint density at radius 3 is 3.00 bits per heavy atom. The average Bonchev–Trinajstić information content (AvgIpc) is 3.06. The molecular weight excluding hydrogens is 264 g/mol. The summed E-state index contributed by atoms with van der Waals surface area (Å²) in [5.41, 5.74) is 1.18. The molecule has 4 nitrogen and oxygen atoms in total. The van der Waals surface area contributed by atoms with Gasteiger partial charge >= 0.3 is 5.97 Å². The number of aliphatic hydroxyl groups is 1. The molecule has 1 aliphatic carbocycles. The number of aryl methyl sites for hydroxylation is 1. The van der Waals surface area contributed by atoms with E-state index in [2.05, 4.69) is 0 Å². The molecule has 0 aromatic carbocycles. The second kappa shape index (κ2) is 4.83. The van der Waals surface area contributed by atoms with Gasteiger partial charge in [0, 0.05) is 10.8 Å². The number of hydrogen-bond acceptors (Lipinski definition) is 4. The van der Waals surface area contributed by atoms with Gasteiger partial charge in [-0.2, -0.15) is 0 Å². The lowest BCUT2D eigenvalue weighted by Gasteiger charge is -2.26. The molecule has 2 unspecified atom stereocenters. The monoisotopic (exact) mass is 278 g/mol. The first kappa shape index (κ1) is 12.4. The van der Waals surface area contributed by atoms with E-state index < -0.39 is 12.1 Å². The van der Waals surface area contributed by atoms with Crippen LogP contribution in [0, 0.1) is 0 Å². The second-order valence-electron chi connectivity index (χ2n) is 4.75. The maximum Gasteiger partial charge on any atom is 0.371 e. The molecule has 0 bridgehead atoms. The van der Waals surface area contributed by atoms with Gasteiger partial charge in [0.25, 0.3) is 0 Å². The number of carboxylic acids is 1. The third-order valence-electron chi connectivity index (χ3n) is 3.61. The molecule has 0 saturated carbocycles. The Bertz CT molecular complexity index is 598. The number of aromatic carboxylic acids is 1. The van der Waals surface area contributed by atoms with Crippen molar-refractivity contribution in [2.24, 2.45) is 0 Å². The van der Waals surface area contributed by atoms with Crippen molar-refractivity contribution in [1.82, 2.24) is 0 Å². The van der Waals surface area contributed by atoms with Crippen LogP contribution < -0.4 is 0 Å². The average molecular weight is 278 g/mol. The second-order valence-corrected chi connectivity index (χ2v) is 5.75. The zero-order valence-corrected chi connectivity index (χ0v) is 11.0. The molecule has 2 aromatic rings. The van der Waals surface area contributed by atoms with Gasteiger partial charge in [0.1, 0.15) is 11.9 Å². The molecule has 0 fully saturated rings. The summed E-state index contributed by atoms with van der Waals surface area (Å²) in [6, 6.07) is 4.99. The summed E-state index contributed by atoms with van der Waals surface area (Å²) in [4.78, 5) is 12.1. The molecule has 100 valence electrons. The van der Waals surface area contributed by atoms with Crippen LogP contribution in [0.4, 0.5) is 0 Å². The van der Waals surface area contributed by atoms with Crippen LogP contribution in [0.15, 0.2) is 28.0 Å². The lowest BCUT2D eigenvalue weighted by molar-refractivity contribution is 0.0643. The highest BCUT2D eigenvalue weighted by atomic mass is 32.1. The summed E-state index contributed by atoms with van der Waals surface area (Å²) < 4.78 is 5.21. The summed E-state index contributed by atoms with van der Waals surface area (Å²) in [7, 11) is 0. The fourth-order valence-corrected chi connectivity index (χ4v) is 3.67. The molecule has 2 aromatic heterocycles. The Labute approximate surface area is 114 Å². The predicted molar refractivity (Wildman–Crippen MR) is 70.6 cm³/mol. The zero-order valence-electron chi connectivity index (χ0n) is 10.2. The van der Waals surface area contributed by atoms with Gasteiger partial charge < -0.3 is 14.6 Å². The minimum Gasteiger partial charge on any atom is -0.475 e. The molecule has 3 rings (SSSR count). The number of fused-ring (bicyclic) bond motifs is 1. The maximum atomic E-state index is 10.8. The Kier molecular flexibility index (Phi) is 3.16. The third kappa shape index (κ3) is 2.19. The molecule has 19 heavy (non-hydrogen) atoms. The minimum absolute atomic E-state index is 0.00259. The number of rotatable bonds is 3. The first-order valence-electron chi connectivity index (χ1n) is 6.24. The van der Waals surface area contributed by atoms with Crippen LogP contribution in [-0.4, -0.2) is 16.2 Å². The van der Waals surface area contributed by atoms with Gasteiger partial charge in [-0.05, 0) is 48.4 Å². The number of carbonyl (C=O) groups is 1. The van der Waals surface area contributed by atoms with E-state index in [1.165, 1.54) is 16.5 Å². The predicted octanol–water partition coefficient (Wildman–Crippen LogP) is 3.19. The molecule has 2 N–H and O–H groups in total. The Hall–Kier alpha value is -1.59. The van der Waals surface area contributed by atoms with Crippen LogP contribution in [0.1, 0.15) is 51.6 Å². The number of carboxylic acid groups (broad SMARTS) is 1. The first-order valence-corrected chi connectivity index (χ1v) is 7.12. The topological polar surface area (TPSA) is 70.7 Å². The number of hydrogen-bond donors (Lipinski definition) is 2. The quantitative estimate of drug-likeness (QED) is 0.904. The van der Waals surface area contributed by atoms with E-state index in [0.717, 1.165) is 19.3 Å². The lowest BCUT2D eigenvalue weighted by atomic mass is 9.83. The van der Waals surface area contributed by atoms with Crippen molar-refractivity contribution in [2.75, 3.05) is 0 Å². The van der Waals surface area contributed by atoms with Crippen LogP contribution in [0.5, 0.6) is 0 Å². The van der Waals surface area contributed by atoms with Crippen molar-refractivity contribution in [3.8, 4) is 0 Å². The van der Waals surface area contributed by atoms with Crippen molar-refractivity contribution in [3.05, 3.63) is 45.5 Å². The van der Waals surface area contributed by atoms with E-state index in [1.54, 1.807) is 17.4 Å². The Morgan fingerprint density at radius 1 is 1.42 bits per heavy atom. The maximum absolute atomic E-state index is 10.8. The van der Waals surface area contributed by atoms with Crippen molar-refractivity contribution in [3.63, 3.8) is 0 Å². The molecule has 2 atom stereocenters. The van der Waals surface area contributed by atoms with Crippen molar-refractivity contribution in [1.29, 1.82) is 0 Å².